The molecule has 0 unspecified atom stereocenters. The summed E-state index contributed by atoms with van der Waals surface area (Å²) in [4.78, 5) is 10.4. The molecule has 0 saturated heterocycles. The lowest BCUT2D eigenvalue weighted by atomic mass is 10.1. The van der Waals surface area contributed by atoms with Gasteiger partial charge in [0.25, 0.3) is 0 Å². The van der Waals surface area contributed by atoms with E-state index < -0.39 is 4.92 Å². The van der Waals surface area contributed by atoms with E-state index in [0.29, 0.717) is 12.2 Å². The van der Waals surface area contributed by atoms with Crippen molar-refractivity contribution in [3.8, 4) is 11.5 Å². The van der Waals surface area contributed by atoms with Crippen LogP contribution in [0.25, 0.3) is 0 Å². The van der Waals surface area contributed by atoms with Crippen molar-refractivity contribution in [1.82, 2.24) is 0 Å². The maximum absolute atomic E-state index is 10.9. The molecule has 2 rings (SSSR count). The molecule has 0 radical (unpaired) electrons. The van der Waals surface area contributed by atoms with Crippen molar-refractivity contribution in [3.05, 3.63) is 64.2 Å². The number of aliphatic hydroxyl groups excluding tert-OH is 1. The summed E-state index contributed by atoms with van der Waals surface area (Å²) in [6.07, 6.45) is 0.441. The Balaban J connectivity index is 2.34. The minimum absolute atomic E-state index is 0.00272. The van der Waals surface area contributed by atoms with Crippen molar-refractivity contribution in [2.75, 3.05) is 6.61 Å². The van der Waals surface area contributed by atoms with Crippen LogP contribution in [0.2, 0.25) is 0 Å². The number of nitro benzene ring substituents is 1. The molecule has 0 aliphatic heterocycles. The highest BCUT2D eigenvalue weighted by Gasteiger charge is 2.15. The SMILES string of the molecule is O=[N+]([O-])c1ccccc1Oc1ccccc1CCO. The Morgan fingerprint density at radius 1 is 1.05 bits per heavy atom. The first-order valence-electron chi connectivity index (χ1n) is 5.82. The Hall–Kier alpha value is -2.40. The number of benzene rings is 2. The summed E-state index contributed by atoms with van der Waals surface area (Å²) in [5.74, 6) is 0.712. The number of nitro groups is 1. The smallest absolute Gasteiger partial charge is 0.311 e. The maximum Gasteiger partial charge on any atom is 0.311 e. The van der Waals surface area contributed by atoms with Gasteiger partial charge in [0.2, 0.25) is 5.75 Å². The monoisotopic (exact) mass is 259 g/mol. The first-order valence-corrected chi connectivity index (χ1v) is 5.82. The molecule has 1 N–H and O–H groups in total. The largest absolute Gasteiger partial charge is 0.450 e. The Morgan fingerprint density at radius 3 is 2.37 bits per heavy atom. The zero-order valence-electron chi connectivity index (χ0n) is 10.2. The molecule has 2 aromatic carbocycles. The van der Waals surface area contributed by atoms with Gasteiger partial charge in [-0.1, -0.05) is 30.3 Å². The third-order valence-electron chi connectivity index (χ3n) is 2.64. The summed E-state index contributed by atoms with van der Waals surface area (Å²) in [6, 6.07) is 13.4. The van der Waals surface area contributed by atoms with Crippen LogP contribution < -0.4 is 4.74 Å². The molecule has 0 aliphatic carbocycles. The summed E-state index contributed by atoms with van der Waals surface area (Å²) >= 11 is 0. The molecule has 0 atom stereocenters. The van der Waals surface area contributed by atoms with E-state index >= 15 is 0 Å². The van der Waals surface area contributed by atoms with Gasteiger partial charge < -0.3 is 9.84 Å². The van der Waals surface area contributed by atoms with Crippen LogP contribution in [0.4, 0.5) is 5.69 Å². The van der Waals surface area contributed by atoms with E-state index in [1.54, 1.807) is 30.3 Å². The first kappa shape index (κ1) is 13.0. The molecule has 2 aromatic rings. The zero-order valence-corrected chi connectivity index (χ0v) is 10.2. The number of hydrogen-bond acceptors (Lipinski definition) is 4. The minimum Gasteiger partial charge on any atom is -0.450 e. The van der Waals surface area contributed by atoms with Crippen molar-refractivity contribution in [2.24, 2.45) is 0 Å². The molecule has 19 heavy (non-hydrogen) atoms. The van der Waals surface area contributed by atoms with E-state index in [4.69, 9.17) is 9.84 Å². The molecule has 0 aliphatic rings. The van der Waals surface area contributed by atoms with E-state index in [0.717, 1.165) is 5.56 Å². The molecule has 0 spiro atoms. The van der Waals surface area contributed by atoms with Crippen LogP contribution in [0.15, 0.2) is 48.5 Å². The third-order valence-corrected chi connectivity index (χ3v) is 2.64. The van der Waals surface area contributed by atoms with E-state index in [1.165, 1.54) is 6.07 Å². The Kier molecular flexibility index (Phi) is 4.10. The van der Waals surface area contributed by atoms with Crippen LogP contribution in [-0.2, 0) is 6.42 Å². The lowest BCUT2D eigenvalue weighted by molar-refractivity contribution is -0.385. The van der Waals surface area contributed by atoms with Crippen molar-refractivity contribution in [1.29, 1.82) is 0 Å². The zero-order chi connectivity index (χ0) is 13.7. The van der Waals surface area contributed by atoms with Crippen molar-refractivity contribution >= 4 is 5.69 Å². The van der Waals surface area contributed by atoms with E-state index in [9.17, 15) is 10.1 Å². The quantitative estimate of drug-likeness (QED) is 0.661. The van der Waals surface area contributed by atoms with Crippen molar-refractivity contribution in [2.45, 2.75) is 6.42 Å². The molecular formula is C14H13NO4. The predicted molar refractivity (Wildman–Crippen MR) is 70.4 cm³/mol. The molecule has 5 heteroatoms. The number of hydrogen-bond donors (Lipinski definition) is 1. The van der Waals surface area contributed by atoms with Crippen LogP contribution >= 0.6 is 0 Å². The van der Waals surface area contributed by atoms with Gasteiger partial charge in [0.1, 0.15) is 5.75 Å². The van der Waals surface area contributed by atoms with Crippen LogP contribution in [0.3, 0.4) is 0 Å². The molecule has 5 nitrogen and oxygen atoms in total. The number of ether oxygens (including phenoxy) is 1. The van der Waals surface area contributed by atoms with Crippen LogP contribution in [0, 0.1) is 10.1 Å². The second kappa shape index (κ2) is 5.97. The van der Waals surface area contributed by atoms with Gasteiger partial charge in [0, 0.05) is 12.7 Å². The van der Waals surface area contributed by atoms with Crippen molar-refractivity contribution in [3.63, 3.8) is 0 Å². The van der Waals surface area contributed by atoms with Gasteiger partial charge in [-0.15, -0.1) is 0 Å². The lowest BCUT2D eigenvalue weighted by Gasteiger charge is -2.10. The van der Waals surface area contributed by atoms with Crippen LogP contribution in [0.1, 0.15) is 5.56 Å². The summed E-state index contributed by atoms with van der Waals surface area (Å²) in [5.41, 5.74) is 0.726. The molecular weight excluding hydrogens is 246 g/mol. The van der Waals surface area contributed by atoms with Gasteiger partial charge in [0.05, 0.1) is 4.92 Å². The fraction of sp³-hybridized carbons (Fsp3) is 0.143. The van der Waals surface area contributed by atoms with Gasteiger partial charge in [-0.05, 0) is 24.1 Å². The predicted octanol–water partition coefficient (Wildman–Crippen LogP) is 2.92. The number of aliphatic hydroxyl groups is 1. The van der Waals surface area contributed by atoms with E-state index in [-0.39, 0.29) is 18.0 Å². The normalized spacial score (nSPS) is 10.2. The highest BCUT2D eigenvalue weighted by atomic mass is 16.6. The fourth-order valence-electron chi connectivity index (χ4n) is 1.74. The molecule has 0 amide bonds. The molecule has 0 aromatic heterocycles. The summed E-state index contributed by atoms with van der Waals surface area (Å²) in [5, 5.41) is 19.9. The lowest BCUT2D eigenvalue weighted by Crippen LogP contribution is -1.97. The molecule has 0 bridgehead atoms. The van der Waals surface area contributed by atoms with E-state index in [2.05, 4.69) is 0 Å². The average molecular weight is 259 g/mol. The first-order chi connectivity index (χ1) is 9.22. The van der Waals surface area contributed by atoms with Crippen LogP contribution in [0.5, 0.6) is 11.5 Å². The Morgan fingerprint density at radius 2 is 1.68 bits per heavy atom. The average Bonchev–Trinajstić information content (AvgIpc) is 2.42. The van der Waals surface area contributed by atoms with Gasteiger partial charge in [-0.2, -0.15) is 0 Å². The van der Waals surface area contributed by atoms with Gasteiger partial charge in [0.15, 0.2) is 0 Å². The molecule has 0 heterocycles. The molecule has 0 fully saturated rings. The highest BCUT2D eigenvalue weighted by molar-refractivity contribution is 5.49. The van der Waals surface area contributed by atoms with Gasteiger partial charge in [-0.3, -0.25) is 10.1 Å². The topological polar surface area (TPSA) is 72.6 Å². The second-order valence-corrected chi connectivity index (χ2v) is 3.91. The molecule has 98 valence electrons. The van der Waals surface area contributed by atoms with E-state index in [1.807, 2.05) is 12.1 Å². The Labute approximate surface area is 110 Å². The molecule has 0 saturated carbocycles. The summed E-state index contributed by atoms with van der Waals surface area (Å²) in [6.45, 7) is -0.00272. The minimum atomic E-state index is -0.482. The van der Waals surface area contributed by atoms with Crippen LogP contribution in [-0.4, -0.2) is 16.6 Å². The number of nitrogens with zero attached hydrogens (tertiary/aromatic N) is 1. The number of rotatable bonds is 5. The van der Waals surface area contributed by atoms with Crippen molar-refractivity contribution < 1.29 is 14.8 Å². The second-order valence-electron chi connectivity index (χ2n) is 3.91. The summed E-state index contributed by atoms with van der Waals surface area (Å²) in [7, 11) is 0. The summed E-state index contributed by atoms with van der Waals surface area (Å²) < 4.78 is 5.60. The standard InChI is InChI=1S/C14H13NO4/c16-10-9-11-5-1-3-7-13(11)19-14-8-4-2-6-12(14)15(17)18/h1-8,16H,9-10H2. The third kappa shape index (κ3) is 3.08. The van der Waals surface area contributed by atoms with Gasteiger partial charge in [-0.25, -0.2) is 0 Å². The maximum atomic E-state index is 10.9. The Bertz CT molecular complexity index is 583. The fourth-order valence-corrected chi connectivity index (χ4v) is 1.74. The highest BCUT2D eigenvalue weighted by Crippen LogP contribution is 2.32. The number of para-hydroxylation sites is 3. The van der Waals surface area contributed by atoms with Gasteiger partial charge >= 0.3 is 5.69 Å².